The summed E-state index contributed by atoms with van der Waals surface area (Å²) in [6.45, 7) is 5.15. The molecule has 3 heteroatoms. The fourth-order valence-corrected chi connectivity index (χ4v) is 3.19. The minimum Gasteiger partial charge on any atom is -0.492 e. The normalized spacial score (nSPS) is 22.7. The maximum atomic E-state index is 5.70. The van der Waals surface area contributed by atoms with Crippen molar-refractivity contribution in [2.45, 2.75) is 39.0 Å². The highest BCUT2D eigenvalue weighted by atomic mass is 79.9. The lowest BCUT2D eigenvalue weighted by Gasteiger charge is -2.27. The molecule has 0 radical (unpaired) electrons. The van der Waals surface area contributed by atoms with Gasteiger partial charge in [0.1, 0.15) is 12.4 Å². The zero-order chi connectivity index (χ0) is 14.2. The minimum absolute atomic E-state index is 0.742. The van der Waals surface area contributed by atoms with Crippen molar-refractivity contribution >= 4 is 15.9 Å². The number of halogens is 1. The van der Waals surface area contributed by atoms with Gasteiger partial charge in [0.15, 0.2) is 0 Å². The first-order valence-electron chi connectivity index (χ1n) is 7.87. The van der Waals surface area contributed by atoms with Gasteiger partial charge < -0.3 is 10.1 Å². The number of rotatable bonds is 7. The van der Waals surface area contributed by atoms with Gasteiger partial charge in [-0.1, -0.05) is 42.1 Å². The third-order valence-electron chi connectivity index (χ3n) is 4.34. The van der Waals surface area contributed by atoms with E-state index in [1.807, 2.05) is 24.3 Å². The lowest BCUT2D eigenvalue weighted by molar-refractivity contribution is 0.254. The fourth-order valence-electron chi connectivity index (χ4n) is 2.92. The van der Waals surface area contributed by atoms with Gasteiger partial charge >= 0.3 is 0 Å². The van der Waals surface area contributed by atoms with Gasteiger partial charge in [0.05, 0.1) is 0 Å². The molecule has 0 saturated heterocycles. The number of hydrogen-bond acceptors (Lipinski definition) is 2. The second kappa shape index (κ2) is 8.68. The van der Waals surface area contributed by atoms with Gasteiger partial charge in [0.2, 0.25) is 0 Å². The summed E-state index contributed by atoms with van der Waals surface area (Å²) in [4.78, 5) is 0. The van der Waals surface area contributed by atoms with E-state index in [2.05, 4.69) is 28.2 Å². The van der Waals surface area contributed by atoms with Gasteiger partial charge in [0.25, 0.3) is 0 Å². The molecule has 2 rings (SSSR count). The molecule has 0 spiro atoms. The lowest BCUT2D eigenvalue weighted by atomic mass is 9.81. The molecule has 112 valence electrons. The van der Waals surface area contributed by atoms with Gasteiger partial charge in [-0.25, -0.2) is 0 Å². The molecule has 0 heterocycles. The van der Waals surface area contributed by atoms with Crippen LogP contribution in [0, 0.1) is 11.8 Å². The summed E-state index contributed by atoms with van der Waals surface area (Å²) in [7, 11) is 0. The van der Waals surface area contributed by atoms with E-state index in [0.717, 1.165) is 41.8 Å². The molecule has 0 aromatic heterocycles. The van der Waals surface area contributed by atoms with Crippen LogP contribution in [0.15, 0.2) is 28.7 Å². The second-order valence-electron chi connectivity index (χ2n) is 5.80. The van der Waals surface area contributed by atoms with E-state index >= 15 is 0 Å². The summed E-state index contributed by atoms with van der Waals surface area (Å²) in [5, 5.41) is 3.54. The third-order valence-corrected chi connectivity index (χ3v) is 4.87. The van der Waals surface area contributed by atoms with Crippen LogP contribution in [0.3, 0.4) is 0 Å². The Kier molecular flexibility index (Phi) is 6.88. The largest absolute Gasteiger partial charge is 0.492 e. The smallest absolute Gasteiger partial charge is 0.119 e. The molecule has 20 heavy (non-hydrogen) atoms. The Balaban J connectivity index is 1.52. The van der Waals surface area contributed by atoms with Crippen LogP contribution in [-0.4, -0.2) is 19.7 Å². The Bertz CT molecular complexity index is 371. The number of benzene rings is 1. The third kappa shape index (κ3) is 5.45. The molecule has 0 amide bonds. The zero-order valence-electron chi connectivity index (χ0n) is 12.4. The van der Waals surface area contributed by atoms with E-state index in [4.69, 9.17) is 4.74 Å². The van der Waals surface area contributed by atoms with Crippen molar-refractivity contribution in [2.24, 2.45) is 11.8 Å². The van der Waals surface area contributed by atoms with Crippen LogP contribution < -0.4 is 10.1 Å². The van der Waals surface area contributed by atoms with Crippen molar-refractivity contribution in [3.05, 3.63) is 28.7 Å². The van der Waals surface area contributed by atoms with Crippen LogP contribution in [0.2, 0.25) is 0 Å². The quantitative estimate of drug-likeness (QED) is 0.731. The summed E-state index contributed by atoms with van der Waals surface area (Å²) in [5.74, 6) is 2.82. The summed E-state index contributed by atoms with van der Waals surface area (Å²) in [6, 6.07) is 8.01. The van der Waals surface area contributed by atoms with Crippen molar-refractivity contribution < 1.29 is 4.74 Å². The molecular weight excluding hydrogens is 314 g/mol. The topological polar surface area (TPSA) is 21.3 Å². The van der Waals surface area contributed by atoms with E-state index in [0.29, 0.717) is 0 Å². The monoisotopic (exact) mass is 339 g/mol. The molecule has 0 bridgehead atoms. The molecule has 0 atom stereocenters. The van der Waals surface area contributed by atoms with Gasteiger partial charge in [-0.3, -0.25) is 0 Å². The highest BCUT2D eigenvalue weighted by Gasteiger charge is 2.19. The van der Waals surface area contributed by atoms with Crippen LogP contribution in [0.1, 0.15) is 39.0 Å². The number of ether oxygens (including phenoxy) is 1. The highest BCUT2D eigenvalue weighted by Crippen LogP contribution is 2.29. The average molecular weight is 340 g/mol. The van der Waals surface area contributed by atoms with Gasteiger partial charge in [0, 0.05) is 11.0 Å². The van der Waals surface area contributed by atoms with Crippen LogP contribution >= 0.6 is 15.9 Å². The van der Waals surface area contributed by atoms with Crippen LogP contribution in [-0.2, 0) is 0 Å². The van der Waals surface area contributed by atoms with Gasteiger partial charge in [-0.05, 0) is 55.5 Å². The van der Waals surface area contributed by atoms with Crippen molar-refractivity contribution in [3.8, 4) is 5.75 Å². The molecule has 1 aromatic carbocycles. The van der Waals surface area contributed by atoms with Crippen molar-refractivity contribution in [3.63, 3.8) is 0 Å². The van der Waals surface area contributed by atoms with Crippen molar-refractivity contribution in [1.29, 1.82) is 0 Å². The molecule has 0 unspecified atom stereocenters. The highest BCUT2D eigenvalue weighted by molar-refractivity contribution is 9.10. The predicted octanol–water partition coefficient (Wildman–Crippen LogP) is 4.63. The SMILES string of the molecule is CCC1CCC(CNCCOc2ccc(Br)cc2)CC1. The van der Waals surface area contributed by atoms with Crippen LogP contribution in [0.4, 0.5) is 0 Å². The van der Waals surface area contributed by atoms with E-state index < -0.39 is 0 Å². The Hall–Kier alpha value is -0.540. The number of hydrogen-bond donors (Lipinski definition) is 1. The summed E-state index contributed by atoms with van der Waals surface area (Å²) < 4.78 is 6.79. The van der Waals surface area contributed by atoms with E-state index in [1.165, 1.54) is 32.1 Å². The summed E-state index contributed by atoms with van der Waals surface area (Å²) >= 11 is 3.42. The van der Waals surface area contributed by atoms with Crippen LogP contribution in [0.25, 0.3) is 0 Å². The molecule has 1 fully saturated rings. The van der Waals surface area contributed by atoms with Gasteiger partial charge in [-0.2, -0.15) is 0 Å². The zero-order valence-corrected chi connectivity index (χ0v) is 14.0. The fraction of sp³-hybridized carbons (Fsp3) is 0.647. The standard InChI is InChI=1S/C17H26BrNO/c1-2-14-3-5-15(6-4-14)13-19-11-12-20-17-9-7-16(18)8-10-17/h7-10,14-15,19H,2-6,11-13H2,1H3. The molecule has 1 aromatic rings. The maximum Gasteiger partial charge on any atom is 0.119 e. The first kappa shape index (κ1) is 15.8. The Morgan fingerprint density at radius 1 is 1.10 bits per heavy atom. The first-order chi connectivity index (χ1) is 9.78. The second-order valence-corrected chi connectivity index (χ2v) is 6.72. The molecule has 1 N–H and O–H groups in total. The molecule has 1 aliphatic carbocycles. The van der Waals surface area contributed by atoms with E-state index in [-0.39, 0.29) is 0 Å². The van der Waals surface area contributed by atoms with E-state index in [9.17, 15) is 0 Å². The minimum atomic E-state index is 0.742. The first-order valence-corrected chi connectivity index (χ1v) is 8.66. The Morgan fingerprint density at radius 3 is 2.40 bits per heavy atom. The molecule has 2 nitrogen and oxygen atoms in total. The Labute approximate surface area is 131 Å². The average Bonchev–Trinajstić information content (AvgIpc) is 2.49. The Morgan fingerprint density at radius 2 is 1.75 bits per heavy atom. The maximum absolute atomic E-state index is 5.70. The molecule has 1 aliphatic rings. The lowest BCUT2D eigenvalue weighted by Crippen LogP contribution is -2.29. The predicted molar refractivity (Wildman–Crippen MR) is 88.2 cm³/mol. The molecular formula is C17H26BrNO. The molecule has 1 saturated carbocycles. The van der Waals surface area contributed by atoms with Crippen molar-refractivity contribution in [1.82, 2.24) is 5.32 Å². The van der Waals surface area contributed by atoms with Crippen molar-refractivity contribution in [2.75, 3.05) is 19.7 Å². The van der Waals surface area contributed by atoms with E-state index in [1.54, 1.807) is 0 Å². The number of nitrogens with one attached hydrogen (secondary N) is 1. The summed E-state index contributed by atoms with van der Waals surface area (Å²) in [6.07, 6.45) is 7.02. The van der Waals surface area contributed by atoms with Gasteiger partial charge in [-0.15, -0.1) is 0 Å². The molecule has 0 aliphatic heterocycles. The van der Waals surface area contributed by atoms with Crippen LogP contribution in [0.5, 0.6) is 5.75 Å². The summed E-state index contributed by atoms with van der Waals surface area (Å²) in [5.41, 5.74) is 0.